The van der Waals surface area contributed by atoms with Crippen molar-refractivity contribution < 1.29 is 83.1 Å². The van der Waals surface area contributed by atoms with Crippen LogP contribution in [0.15, 0.2) is 86.0 Å². The normalized spacial score (nSPS) is 17.2. The van der Waals surface area contributed by atoms with Crippen LogP contribution in [-0.2, 0) is 0 Å². The van der Waals surface area contributed by atoms with Gasteiger partial charge >= 0.3 is 0 Å². The molecule has 1 N–H and O–H groups in total. The van der Waals surface area contributed by atoms with Gasteiger partial charge in [-0.1, -0.05) is 81.6 Å². The highest BCUT2D eigenvalue weighted by Gasteiger charge is 2.37. The lowest BCUT2D eigenvalue weighted by atomic mass is 9.94. The third kappa shape index (κ3) is 21.0. The number of ether oxygens (including phenoxy) is 6. The molecule has 13 rings (SSSR count). The van der Waals surface area contributed by atoms with E-state index in [-0.39, 0.29) is 125 Å². The van der Waals surface area contributed by atoms with Crippen molar-refractivity contribution in [1.82, 2.24) is 29.7 Å². The number of carbonyl (C=O) groups is 3. The summed E-state index contributed by atoms with van der Waals surface area (Å²) in [5, 5.41) is 10.3. The van der Waals surface area contributed by atoms with Crippen LogP contribution in [0.2, 0.25) is 5.02 Å². The smallest absolute Gasteiger partial charge is 0.260 e. The molecule has 3 unspecified atom stereocenters. The number of Topliss-reactive ketones (excluding diaryl/α,β-unsaturated/α-hetero) is 3. The van der Waals surface area contributed by atoms with Crippen molar-refractivity contribution >= 4 is 62.2 Å². The first-order chi connectivity index (χ1) is 53.4. The van der Waals surface area contributed by atoms with Gasteiger partial charge in [-0.05, 0) is 194 Å². The number of aryl methyl sites for hydroxylation is 5. The van der Waals surface area contributed by atoms with Gasteiger partial charge in [-0.3, -0.25) is 24.2 Å². The van der Waals surface area contributed by atoms with E-state index >= 15 is 0 Å². The van der Waals surface area contributed by atoms with Crippen LogP contribution in [0.25, 0.3) is 33.3 Å². The van der Waals surface area contributed by atoms with Crippen LogP contribution in [-0.4, -0.2) is 161 Å². The minimum Gasteiger partial charge on any atom is -0.487 e. The Kier molecular flexibility index (Phi) is 28.2. The second-order valence-corrected chi connectivity index (χ2v) is 31.3. The van der Waals surface area contributed by atoms with Crippen LogP contribution in [0.1, 0.15) is 226 Å². The van der Waals surface area contributed by atoms with E-state index in [4.69, 9.17) is 53.3 Å². The SMILES string of the molecule is CC(=O)c1c(OC2CCN(C3CCCC3)CC2)c(OCCC(C)c2ccc(F)cc2)c2oc(C)nc2c1C.CC(=O)c1c(OCCN2CCC(C)(O)CC2)c(OCCC(C)c2ccc(F)cc2)c2oc(C)nc2c1C.CC(=O)c1c(OCCN2CCCC(F)(F)C2)c(OCCC(C)c2ccc(F)cc2)c2oc(C)nc2c1Cl. The lowest BCUT2D eigenvalue weighted by Crippen LogP contribution is -2.44. The second-order valence-electron chi connectivity index (χ2n) is 30.9. The molecule has 25 heteroatoms. The van der Waals surface area contributed by atoms with Gasteiger partial charge in [-0.25, -0.2) is 36.9 Å². The van der Waals surface area contributed by atoms with E-state index in [1.165, 1.54) is 75.9 Å². The lowest BCUT2D eigenvalue weighted by Gasteiger charge is -2.36. The van der Waals surface area contributed by atoms with E-state index < -0.39 is 11.5 Å². The van der Waals surface area contributed by atoms with Crippen molar-refractivity contribution in [1.29, 1.82) is 0 Å². The fourth-order valence-electron chi connectivity index (χ4n) is 15.5. The van der Waals surface area contributed by atoms with Gasteiger partial charge < -0.3 is 51.7 Å². The number of alkyl halides is 2. The van der Waals surface area contributed by atoms with E-state index in [1.54, 1.807) is 56.9 Å². The first-order valence-corrected chi connectivity index (χ1v) is 39.7. The summed E-state index contributed by atoms with van der Waals surface area (Å²) in [6, 6.07) is 20.1. The van der Waals surface area contributed by atoms with Crippen LogP contribution in [0.4, 0.5) is 22.0 Å². The molecule has 19 nitrogen and oxygen atoms in total. The van der Waals surface area contributed by atoms with Crippen molar-refractivity contribution in [2.45, 2.75) is 208 Å². The molecule has 112 heavy (non-hydrogen) atoms. The van der Waals surface area contributed by atoms with Gasteiger partial charge in [-0.2, -0.15) is 0 Å². The minimum atomic E-state index is -2.72. The Morgan fingerprint density at radius 3 is 1.29 bits per heavy atom. The van der Waals surface area contributed by atoms with Crippen LogP contribution in [0, 0.1) is 52.1 Å². The van der Waals surface area contributed by atoms with Gasteiger partial charge in [0.2, 0.25) is 34.0 Å². The fraction of sp³-hybridized carbons (Fsp3) is 0.517. The molecule has 0 bridgehead atoms. The predicted molar refractivity (Wildman–Crippen MR) is 421 cm³/mol. The summed E-state index contributed by atoms with van der Waals surface area (Å²) < 4.78 is 123. The highest BCUT2D eigenvalue weighted by molar-refractivity contribution is 6.39. The standard InChI is InChI=1S/C31H39FN2O4.C29H37FN2O5.C27H30ClF3N2O4/c1-19(23-9-11-24(32)12-10-23)15-18-36-31-29(27(21(3)35)20(2)28-30(31)37-22(4)33-28)38-26-13-16-34(17-14-26)25-7-5-6-8-25;1-18(22-6-8-23(30)9-7-22)10-16-35-28-26(36-17-15-32-13-11-29(5,34)12-14-32)24(20(3)33)19(2)25-27(28)37-21(4)31-25;1-16(19-5-7-20(29)8-6-19)9-13-35-26-24(36-14-12-33-11-4-10-27(30,31)15-33)21(17(2)34)22(28)23-25(26)37-18(3)32-23/h9-12,19,25-26H,5-8,13-18H2,1-4H3;6-9,18,34H,10-17H2,1-5H3;5-8,16H,4,9-15H2,1-3H3. The first-order valence-electron chi connectivity index (χ1n) is 39.3. The van der Waals surface area contributed by atoms with Crippen molar-refractivity contribution in [2.24, 2.45) is 0 Å². The largest absolute Gasteiger partial charge is 0.487 e. The quantitative estimate of drug-likeness (QED) is 0.0341. The van der Waals surface area contributed by atoms with Gasteiger partial charge in [0.25, 0.3) is 5.92 Å². The number of rotatable bonds is 29. The lowest BCUT2D eigenvalue weighted by molar-refractivity contribution is -0.0657. The number of benzene rings is 6. The predicted octanol–water partition coefficient (Wildman–Crippen LogP) is 19.5. The molecule has 3 atom stereocenters. The Hall–Kier alpha value is -8.68. The van der Waals surface area contributed by atoms with Gasteiger partial charge in [0.1, 0.15) is 53.3 Å². The Labute approximate surface area is 657 Å². The number of carbonyl (C=O) groups excluding carboxylic acids is 3. The molecule has 9 aromatic rings. The number of halogens is 6. The zero-order valence-electron chi connectivity index (χ0n) is 66.5. The summed E-state index contributed by atoms with van der Waals surface area (Å²) in [6.45, 7) is 27.6. The molecule has 1 aliphatic carbocycles. The number of oxazole rings is 3. The molecule has 0 radical (unpaired) electrons. The Bertz CT molecular complexity index is 4720. The number of piperidine rings is 3. The van der Waals surface area contributed by atoms with Crippen molar-refractivity contribution in [3.8, 4) is 34.5 Å². The Morgan fingerprint density at radius 1 is 0.500 bits per heavy atom. The highest BCUT2D eigenvalue weighted by atomic mass is 35.5. The summed E-state index contributed by atoms with van der Waals surface area (Å²) in [7, 11) is 0. The summed E-state index contributed by atoms with van der Waals surface area (Å²) in [6.07, 6.45) is 10.8. The molecule has 0 amide bonds. The van der Waals surface area contributed by atoms with E-state index in [1.807, 2.05) is 39.8 Å². The van der Waals surface area contributed by atoms with Crippen molar-refractivity contribution in [3.05, 3.63) is 157 Å². The van der Waals surface area contributed by atoms with E-state index in [0.717, 1.165) is 61.3 Å². The fourth-order valence-corrected chi connectivity index (χ4v) is 15.9. The van der Waals surface area contributed by atoms with Gasteiger partial charge in [0.15, 0.2) is 52.3 Å². The summed E-state index contributed by atoms with van der Waals surface area (Å²) >= 11 is 6.55. The molecular formula is C87H106ClF5N6O13. The maximum atomic E-state index is 13.8. The van der Waals surface area contributed by atoms with Crippen molar-refractivity contribution in [2.75, 3.05) is 85.4 Å². The average Bonchev–Trinajstić information content (AvgIpc) is 1.60. The molecule has 604 valence electrons. The monoisotopic (exact) mass is 1570 g/mol. The third-order valence-electron chi connectivity index (χ3n) is 22.1. The number of aliphatic hydroxyl groups is 1. The maximum absolute atomic E-state index is 13.8. The molecule has 1 saturated carbocycles. The van der Waals surface area contributed by atoms with Gasteiger partial charge in [-0.15, -0.1) is 0 Å². The Balaban J connectivity index is 0.000000166. The summed E-state index contributed by atoms with van der Waals surface area (Å²) in [5.74, 6) is -0.357. The number of ketones is 3. The van der Waals surface area contributed by atoms with E-state index in [0.29, 0.717) is 157 Å². The zero-order chi connectivity index (χ0) is 80.3. The molecule has 4 fully saturated rings. The van der Waals surface area contributed by atoms with Crippen LogP contribution >= 0.6 is 11.6 Å². The highest BCUT2D eigenvalue weighted by Crippen LogP contribution is 2.48. The zero-order valence-corrected chi connectivity index (χ0v) is 67.3. The molecular weight excluding hydrogens is 1470 g/mol. The maximum Gasteiger partial charge on any atom is 0.260 e. The molecule has 6 heterocycles. The molecule has 4 aliphatic rings. The van der Waals surface area contributed by atoms with Crippen LogP contribution < -0.4 is 28.4 Å². The number of fused-ring (bicyclic) bond motifs is 3. The van der Waals surface area contributed by atoms with Gasteiger partial charge in [0.05, 0.1) is 53.7 Å². The Morgan fingerprint density at radius 2 is 0.875 bits per heavy atom. The minimum absolute atomic E-state index is 0.00658. The summed E-state index contributed by atoms with van der Waals surface area (Å²) in [4.78, 5) is 58.2. The topological polar surface area (TPSA) is 215 Å². The molecule has 0 spiro atoms. The molecule has 6 aromatic carbocycles. The number of hydrogen-bond acceptors (Lipinski definition) is 19. The van der Waals surface area contributed by atoms with Crippen molar-refractivity contribution in [3.63, 3.8) is 0 Å². The van der Waals surface area contributed by atoms with Crippen LogP contribution in [0.5, 0.6) is 34.5 Å². The molecule has 3 aliphatic heterocycles. The summed E-state index contributed by atoms with van der Waals surface area (Å²) in [5.41, 5.74) is 7.72. The van der Waals surface area contributed by atoms with E-state index in [2.05, 4.69) is 38.6 Å². The number of likely N-dealkylation sites (tertiary alicyclic amines) is 3. The van der Waals surface area contributed by atoms with E-state index in [9.17, 15) is 41.4 Å². The average molecular weight is 1570 g/mol. The first kappa shape index (κ1) is 84.2. The van der Waals surface area contributed by atoms with Gasteiger partial charge in [0, 0.05) is 72.5 Å². The number of aromatic nitrogens is 3. The van der Waals surface area contributed by atoms with Crippen LogP contribution in [0.3, 0.4) is 0 Å². The molecule has 3 aromatic heterocycles. The number of nitrogens with zero attached hydrogens (tertiary/aromatic N) is 6. The third-order valence-corrected chi connectivity index (χ3v) is 22.5. The second kappa shape index (κ2) is 37.5. The number of hydrogen-bond donors (Lipinski definition) is 1. The molecule has 3 saturated heterocycles.